The number of H-pyrrole nitrogens is 1. The number of benzene rings is 1. The smallest absolute Gasteiger partial charge is 0.224 e. The maximum Gasteiger partial charge on any atom is 0.224 e. The molecule has 0 radical (unpaired) electrons. The van der Waals surface area contributed by atoms with Crippen LogP contribution in [0.2, 0.25) is 0 Å². The lowest BCUT2D eigenvalue weighted by molar-refractivity contribution is -0.128. The summed E-state index contributed by atoms with van der Waals surface area (Å²) in [6.45, 7) is 7.60. The molecule has 1 aromatic heterocycles. The molecule has 1 saturated carbocycles. The number of aromatic nitrogens is 1. The van der Waals surface area contributed by atoms with E-state index in [2.05, 4.69) is 36.3 Å². The molecule has 1 aliphatic carbocycles. The van der Waals surface area contributed by atoms with E-state index in [1.54, 1.807) is 0 Å². The van der Waals surface area contributed by atoms with Gasteiger partial charge in [-0.25, -0.2) is 0 Å². The normalized spacial score (nSPS) is 20.2. The number of aromatic amines is 1. The van der Waals surface area contributed by atoms with Crippen LogP contribution < -0.4 is 5.32 Å². The van der Waals surface area contributed by atoms with E-state index in [-0.39, 0.29) is 17.7 Å². The summed E-state index contributed by atoms with van der Waals surface area (Å²) < 4.78 is 0. The summed E-state index contributed by atoms with van der Waals surface area (Å²) in [6, 6.07) is 4.70. The van der Waals surface area contributed by atoms with Gasteiger partial charge in [0.2, 0.25) is 11.8 Å². The molecule has 2 fully saturated rings. The lowest BCUT2D eigenvalue weighted by Crippen LogP contribution is -2.32. The first kappa shape index (κ1) is 17.1. The lowest BCUT2D eigenvalue weighted by atomic mass is 10.0. The number of carbonyl (C=O) groups is 2. The molecule has 5 nitrogen and oxygen atoms in total. The maximum atomic E-state index is 12.5. The molecule has 0 spiro atoms. The van der Waals surface area contributed by atoms with E-state index in [0.717, 1.165) is 36.2 Å². The van der Waals surface area contributed by atoms with E-state index in [1.165, 1.54) is 16.5 Å². The predicted octanol–water partition coefficient (Wildman–Crippen LogP) is 2.76. The minimum atomic E-state index is 0.0345. The number of amides is 2. The number of hydrogen-bond donors (Lipinski definition) is 2. The Kier molecular flexibility index (Phi) is 4.25. The Morgan fingerprint density at radius 3 is 2.69 bits per heavy atom. The van der Waals surface area contributed by atoms with Crippen molar-refractivity contribution in [1.29, 1.82) is 0 Å². The monoisotopic (exact) mass is 353 g/mol. The van der Waals surface area contributed by atoms with Gasteiger partial charge in [0.1, 0.15) is 0 Å². The molecule has 1 atom stereocenters. The average Bonchev–Trinajstić information content (AvgIpc) is 3.30. The Morgan fingerprint density at radius 2 is 1.96 bits per heavy atom. The molecule has 1 aliphatic heterocycles. The van der Waals surface area contributed by atoms with Gasteiger partial charge in [0, 0.05) is 48.1 Å². The zero-order chi connectivity index (χ0) is 18.4. The quantitative estimate of drug-likeness (QED) is 0.868. The van der Waals surface area contributed by atoms with Crippen molar-refractivity contribution < 1.29 is 9.59 Å². The van der Waals surface area contributed by atoms with Crippen LogP contribution in [-0.2, 0) is 16.0 Å². The number of carbonyl (C=O) groups excluding carboxylic acids is 2. The molecule has 2 aromatic rings. The van der Waals surface area contributed by atoms with E-state index in [1.807, 2.05) is 11.8 Å². The fraction of sp³-hybridized carbons (Fsp3) is 0.524. The van der Waals surface area contributed by atoms with Gasteiger partial charge in [0.25, 0.3) is 0 Å². The van der Waals surface area contributed by atoms with Crippen molar-refractivity contribution in [3.63, 3.8) is 0 Å². The zero-order valence-electron chi connectivity index (χ0n) is 15.8. The lowest BCUT2D eigenvalue weighted by Gasteiger charge is -2.15. The second-order valence-corrected chi connectivity index (χ2v) is 8.01. The summed E-state index contributed by atoms with van der Waals surface area (Å²) in [5, 5.41) is 4.23. The topological polar surface area (TPSA) is 65.2 Å². The number of hydrogen-bond acceptors (Lipinski definition) is 2. The number of nitrogens with zero attached hydrogens (tertiary/aromatic N) is 1. The zero-order valence-corrected chi connectivity index (χ0v) is 15.8. The first-order chi connectivity index (χ1) is 12.4. The van der Waals surface area contributed by atoms with Gasteiger partial charge >= 0.3 is 0 Å². The Morgan fingerprint density at radius 1 is 1.23 bits per heavy atom. The molecule has 2 N–H and O–H groups in total. The molecule has 138 valence electrons. The summed E-state index contributed by atoms with van der Waals surface area (Å²) in [7, 11) is 0. The Labute approximate surface area is 154 Å². The van der Waals surface area contributed by atoms with Crippen LogP contribution in [-0.4, -0.2) is 40.8 Å². The van der Waals surface area contributed by atoms with Gasteiger partial charge in [0.05, 0.1) is 6.42 Å². The van der Waals surface area contributed by atoms with Crippen molar-refractivity contribution >= 4 is 22.7 Å². The molecule has 26 heavy (non-hydrogen) atoms. The van der Waals surface area contributed by atoms with Gasteiger partial charge in [-0.15, -0.1) is 0 Å². The second-order valence-electron chi connectivity index (χ2n) is 8.01. The van der Waals surface area contributed by atoms with Crippen LogP contribution in [0.1, 0.15) is 41.6 Å². The van der Waals surface area contributed by atoms with E-state index in [4.69, 9.17) is 0 Å². The first-order valence-corrected chi connectivity index (χ1v) is 9.57. The van der Waals surface area contributed by atoms with Crippen LogP contribution in [0, 0.1) is 26.7 Å². The highest BCUT2D eigenvalue weighted by atomic mass is 16.2. The molecule has 2 aliphatic rings. The van der Waals surface area contributed by atoms with Gasteiger partial charge in [-0.2, -0.15) is 0 Å². The molecule has 1 saturated heterocycles. The molecule has 2 heterocycles. The highest BCUT2D eigenvalue weighted by molar-refractivity contribution is 5.93. The third-order valence-electron chi connectivity index (χ3n) is 5.84. The highest BCUT2D eigenvalue weighted by Crippen LogP contribution is 2.32. The molecule has 1 aromatic carbocycles. The van der Waals surface area contributed by atoms with Crippen molar-refractivity contribution in [2.75, 3.05) is 13.1 Å². The van der Waals surface area contributed by atoms with Crippen LogP contribution >= 0.6 is 0 Å². The van der Waals surface area contributed by atoms with E-state index in [0.29, 0.717) is 25.4 Å². The second kappa shape index (κ2) is 6.45. The van der Waals surface area contributed by atoms with E-state index in [9.17, 15) is 9.59 Å². The summed E-state index contributed by atoms with van der Waals surface area (Å²) in [4.78, 5) is 30.0. The standard InChI is InChI=1S/C21H27N3O2/c1-12-4-5-13(2)21-20(12)17(14(3)23-21)9-18(25)22-10-15-8-19(26)24(11-15)16-6-7-16/h4-5,15-16,23H,6-11H2,1-3H3,(H,22,25)/t15-/m1/s1. The van der Waals surface area contributed by atoms with Gasteiger partial charge < -0.3 is 15.2 Å². The van der Waals surface area contributed by atoms with Gasteiger partial charge in [-0.1, -0.05) is 12.1 Å². The number of fused-ring (bicyclic) bond motifs is 1. The average molecular weight is 353 g/mol. The van der Waals surface area contributed by atoms with Crippen LogP contribution in [0.5, 0.6) is 0 Å². The third-order valence-corrected chi connectivity index (χ3v) is 5.84. The van der Waals surface area contributed by atoms with Gasteiger partial charge in [-0.3, -0.25) is 9.59 Å². The summed E-state index contributed by atoms with van der Waals surface area (Å²) in [5.41, 5.74) is 5.67. The number of aryl methyl sites for hydroxylation is 3. The minimum absolute atomic E-state index is 0.0345. The number of rotatable bonds is 5. The SMILES string of the molecule is Cc1[nH]c2c(C)ccc(C)c2c1CC(=O)NC[C@H]1CC(=O)N(C2CC2)C1. The van der Waals surface area contributed by atoms with Crippen molar-refractivity contribution in [3.8, 4) is 0 Å². The van der Waals surface area contributed by atoms with Crippen molar-refractivity contribution in [2.24, 2.45) is 5.92 Å². The Bertz CT molecular complexity index is 879. The number of nitrogens with one attached hydrogen (secondary N) is 2. The minimum Gasteiger partial charge on any atom is -0.358 e. The fourth-order valence-electron chi connectivity index (χ4n) is 4.20. The number of likely N-dealkylation sites (tertiary alicyclic amines) is 1. The fourth-order valence-corrected chi connectivity index (χ4v) is 4.20. The molecule has 4 rings (SSSR count). The molecule has 5 heteroatoms. The Hall–Kier alpha value is -2.30. The first-order valence-electron chi connectivity index (χ1n) is 9.57. The van der Waals surface area contributed by atoms with Crippen LogP contribution in [0.3, 0.4) is 0 Å². The molecule has 0 bridgehead atoms. The van der Waals surface area contributed by atoms with Crippen LogP contribution in [0.25, 0.3) is 10.9 Å². The summed E-state index contributed by atoms with van der Waals surface area (Å²) in [5.74, 6) is 0.539. The summed E-state index contributed by atoms with van der Waals surface area (Å²) in [6.07, 6.45) is 3.23. The highest BCUT2D eigenvalue weighted by Gasteiger charge is 2.39. The van der Waals surface area contributed by atoms with Gasteiger partial charge in [-0.05, 0) is 50.3 Å². The van der Waals surface area contributed by atoms with Crippen molar-refractivity contribution in [2.45, 2.75) is 52.5 Å². The predicted molar refractivity (Wildman–Crippen MR) is 102 cm³/mol. The largest absolute Gasteiger partial charge is 0.358 e. The van der Waals surface area contributed by atoms with Crippen molar-refractivity contribution in [3.05, 3.63) is 34.5 Å². The van der Waals surface area contributed by atoms with Gasteiger partial charge in [0.15, 0.2) is 0 Å². The van der Waals surface area contributed by atoms with Crippen LogP contribution in [0.15, 0.2) is 12.1 Å². The summed E-state index contributed by atoms with van der Waals surface area (Å²) >= 11 is 0. The molecular weight excluding hydrogens is 326 g/mol. The third kappa shape index (κ3) is 3.11. The Balaban J connectivity index is 1.41. The van der Waals surface area contributed by atoms with E-state index < -0.39 is 0 Å². The van der Waals surface area contributed by atoms with Crippen LogP contribution in [0.4, 0.5) is 0 Å². The van der Waals surface area contributed by atoms with Crippen molar-refractivity contribution in [1.82, 2.24) is 15.2 Å². The molecule has 0 unspecified atom stereocenters. The van der Waals surface area contributed by atoms with E-state index >= 15 is 0 Å². The maximum absolute atomic E-state index is 12.5. The molecule has 2 amide bonds. The molecular formula is C21H27N3O2.